The van der Waals surface area contributed by atoms with Crippen molar-refractivity contribution in [1.29, 1.82) is 0 Å². The second-order valence-corrected chi connectivity index (χ2v) is 3.67. The Morgan fingerprint density at radius 3 is 2.53 bits per heavy atom. The number of halogens is 3. The highest BCUT2D eigenvalue weighted by Gasteiger charge is 2.06. The Kier molecular flexibility index (Phi) is 4.92. The predicted molar refractivity (Wildman–Crippen MR) is 61.5 cm³/mol. The molecule has 5 heteroatoms. The second-order valence-electron chi connectivity index (χ2n) is 3.29. The highest BCUT2D eigenvalue weighted by molar-refractivity contribution is 6.30. The molecule has 1 N–H and O–H groups in total. The molecule has 1 aromatic rings. The summed E-state index contributed by atoms with van der Waals surface area (Å²) in [5, 5.41) is 2.02. The molecule has 1 aromatic carbocycles. The zero-order valence-corrected chi connectivity index (χ0v) is 9.87. The molecular formula is C12H10ClF2NO. The van der Waals surface area contributed by atoms with E-state index in [1.54, 1.807) is 0 Å². The monoisotopic (exact) mass is 257 g/mol. The van der Waals surface area contributed by atoms with Crippen molar-refractivity contribution in [2.45, 2.75) is 13.3 Å². The molecule has 90 valence electrons. The van der Waals surface area contributed by atoms with E-state index in [0.29, 0.717) is 13.0 Å². The van der Waals surface area contributed by atoms with Crippen LogP contribution in [0, 0.1) is 23.5 Å². The minimum atomic E-state index is -0.835. The van der Waals surface area contributed by atoms with Crippen molar-refractivity contribution in [3.05, 3.63) is 34.4 Å². The Morgan fingerprint density at radius 1 is 1.41 bits per heavy atom. The van der Waals surface area contributed by atoms with Crippen LogP contribution in [0.2, 0.25) is 5.02 Å². The van der Waals surface area contributed by atoms with Crippen LogP contribution in [0.3, 0.4) is 0 Å². The van der Waals surface area contributed by atoms with Gasteiger partial charge >= 0.3 is 0 Å². The Labute approximate surface area is 103 Å². The summed E-state index contributed by atoms with van der Waals surface area (Å²) in [4.78, 5) is 10.5. The van der Waals surface area contributed by atoms with Crippen molar-refractivity contribution >= 4 is 17.5 Å². The van der Waals surface area contributed by atoms with Gasteiger partial charge in [0.05, 0.1) is 0 Å². The molecule has 0 heterocycles. The summed E-state index contributed by atoms with van der Waals surface area (Å²) in [6, 6.07) is 2.13. The molecule has 1 rings (SSSR count). The van der Waals surface area contributed by atoms with Crippen LogP contribution in [0.4, 0.5) is 8.78 Å². The van der Waals surface area contributed by atoms with Crippen LogP contribution in [-0.2, 0) is 4.79 Å². The number of benzene rings is 1. The lowest BCUT2D eigenvalue weighted by Gasteiger charge is -1.97. The Hall–Kier alpha value is -1.60. The van der Waals surface area contributed by atoms with Crippen molar-refractivity contribution in [3.8, 4) is 11.8 Å². The summed E-state index contributed by atoms with van der Waals surface area (Å²) in [7, 11) is 0. The molecule has 0 bridgehead atoms. The van der Waals surface area contributed by atoms with E-state index in [1.165, 1.54) is 6.92 Å². The zero-order valence-electron chi connectivity index (χ0n) is 9.11. The molecule has 0 saturated heterocycles. The van der Waals surface area contributed by atoms with Crippen LogP contribution in [0.25, 0.3) is 0 Å². The lowest BCUT2D eigenvalue weighted by molar-refractivity contribution is -0.118. The van der Waals surface area contributed by atoms with Gasteiger partial charge in [0.25, 0.3) is 0 Å². The van der Waals surface area contributed by atoms with Crippen LogP contribution >= 0.6 is 11.6 Å². The second kappa shape index (κ2) is 6.21. The van der Waals surface area contributed by atoms with Gasteiger partial charge in [0.1, 0.15) is 16.7 Å². The molecule has 17 heavy (non-hydrogen) atoms. The third-order valence-electron chi connectivity index (χ3n) is 1.84. The molecule has 0 unspecified atom stereocenters. The van der Waals surface area contributed by atoms with E-state index in [1.807, 2.05) is 0 Å². The third kappa shape index (κ3) is 4.41. The molecule has 2 nitrogen and oxygen atoms in total. The molecule has 0 aliphatic carbocycles. The summed E-state index contributed by atoms with van der Waals surface area (Å²) < 4.78 is 26.0. The van der Waals surface area contributed by atoms with Gasteiger partial charge in [0.15, 0.2) is 0 Å². The number of carbonyl (C=O) groups excluding carboxylic acids is 1. The number of amides is 1. The van der Waals surface area contributed by atoms with Gasteiger partial charge in [0, 0.05) is 25.5 Å². The van der Waals surface area contributed by atoms with Crippen molar-refractivity contribution in [2.75, 3.05) is 6.54 Å². The maximum absolute atomic E-state index is 13.0. The van der Waals surface area contributed by atoms with Crippen LogP contribution in [0.15, 0.2) is 12.1 Å². The summed E-state index contributed by atoms with van der Waals surface area (Å²) in [6.45, 7) is 1.80. The van der Waals surface area contributed by atoms with Crippen LogP contribution < -0.4 is 5.32 Å². The van der Waals surface area contributed by atoms with Crippen LogP contribution in [0.1, 0.15) is 18.9 Å². The van der Waals surface area contributed by atoms with E-state index in [4.69, 9.17) is 11.6 Å². The van der Waals surface area contributed by atoms with Crippen molar-refractivity contribution in [3.63, 3.8) is 0 Å². The van der Waals surface area contributed by atoms with Crippen molar-refractivity contribution in [1.82, 2.24) is 5.32 Å². The van der Waals surface area contributed by atoms with E-state index in [2.05, 4.69) is 17.2 Å². The van der Waals surface area contributed by atoms with Gasteiger partial charge in [-0.15, -0.1) is 0 Å². The molecule has 0 aliphatic heterocycles. The van der Waals surface area contributed by atoms with E-state index in [-0.39, 0.29) is 11.5 Å². The van der Waals surface area contributed by atoms with E-state index in [9.17, 15) is 13.6 Å². The van der Waals surface area contributed by atoms with Gasteiger partial charge in [-0.05, 0) is 12.1 Å². The third-order valence-corrected chi connectivity index (χ3v) is 2.20. The molecule has 0 atom stereocenters. The fourth-order valence-electron chi connectivity index (χ4n) is 1.09. The fourth-order valence-corrected chi connectivity index (χ4v) is 1.20. The van der Waals surface area contributed by atoms with Gasteiger partial charge in [-0.25, -0.2) is 8.78 Å². The number of hydrogen-bond acceptors (Lipinski definition) is 1. The van der Waals surface area contributed by atoms with Gasteiger partial charge in [-0.1, -0.05) is 23.4 Å². The molecular weight excluding hydrogens is 248 g/mol. The normalized spacial score (nSPS) is 9.41. The predicted octanol–water partition coefficient (Wildman–Crippen LogP) is 2.50. The van der Waals surface area contributed by atoms with Crippen LogP contribution in [-0.4, -0.2) is 12.5 Å². The molecule has 0 aromatic heterocycles. The highest BCUT2D eigenvalue weighted by atomic mass is 35.5. The average molecular weight is 258 g/mol. The smallest absolute Gasteiger partial charge is 0.216 e. The van der Waals surface area contributed by atoms with Gasteiger partial charge in [0.2, 0.25) is 5.91 Å². The topological polar surface area (TPSA) is 29.1 Å². The first-order valence-electron chi connectivity index (χ1n) is 4.88. The van der Waals surface area contributed by atoms with Crippen LogP contribution in [0.5, 0.6) is 0 Å². The standard InChI is InChI=1S/C12H10ClF2NO/c1-8(17)16-5-3-2-4-9-6-10(14)12(13)11(15)7-9/h6-7H,3,5H2,1H3,(H,16,17). The minimum Gasteiger partial charge on any atom is -0.355 e. The zero-order chi connectivity index (χ0) is 12.8. The first kappa shape index (κ1) is 13.5. The molecule has 0 saturated carbocycles. The largest absolute Gasteiger partial charge is 0.355 e. The Balaban J connectivity index is 2.63. The summed E-state index contributed by atoms with van der Waals surface area (Å²) in [5.74, 6) is 3.46. The molecule has 1 amide bonds. The Bertz CT molecular complexity index is 468. The maximum atomic E-state index is 13.0. The lowest BCUT2D eigenvalue weighted by Crippen LogP contribution is -2.20. The quantitative estimate of drug-likeness (QED) is 0.492. The first-order chi connectivity index (χ1) is 8.00. The summed E-state index contributed by atoms with van der Waals surface area (Å²) in [6.07, 6.45) is 0.408. The Morgan fingerprint density at radius 2 is 2.00 bits per heavy atom. The van der Waals surface area contributed by atoms with Crippen molar-refractivity contribution in [2.24, 2.45) is 0 Å². The molecule has 0 radical (unpaired) electrons. The molecule has 0 fully saturated rings. The SMILES string of the molecule is CC(=O)NCCC#Cc1cc(F)c(Cl)c(F)c1. The first-order valence-corrected chi connectivity index (χ1v) is 5.26. The summed E-state index contributed by atoms with van der Waals surface area (Å²) in [5.41, 5.74) is 0.215. The number of nitrogens with one attached hydrogen (secondary N) is 1. The number of carbonyl (C=O) groups is 1. The fraction of sp³-hybridized carbons (Fsp3) is 0.250. The highest BCUT2D eigenvalue weighted by Crippen LogP contribution is 2.19. The van der Waals surface area contributed by atoms with Gasteiger partial charge < -0.3 is 5.32 Å². The lowest BCUT2D eigenvalue weighted by atomic mass is 10.2. The minimum absolute atomic E-state index is 0.143. The maximum Gasteiger partial charge on any atom is 0.216 e. The van der Waals surface area contributed by atoms with E-state index >= 15 is 0 Å². The van der Waals surface area contributed by atoms with E-state index in [0.717, 1.165) is 12.1 Å². The number of rotatable bonds is 2. The van der Waals surface area contributed by atoms with Crippen molar-refractivity contribution < 1.29 is 13.6 Å². The van der Waals surface area contributed by atoms with Gasteiger partial charge in [-0.3, -0.25) is 4.79 Å². The number of hydrogen-bond donors (Lipinski definition) is 1. The van der Waals surface area contributed by atoms with E-state index < -0.39 is 16.7 Å². The summed E-state index contributed by atoms with van der Waals surface area (Å²) >= 11 is 5.32. The average Bonchev–Trinajstić information content (AvgIpc) is 2.25. The van der Waals surface area contributed by atoms with Gasteiger partial charge in [-0.2, -0.15) is 0 Å². The molecule has 0 spiro atoms. The molecule has 0 aliphatic rings.